The van der Waals surface area contributed by atoms with Crippen molar-refractivity contribution in [2.45, 2.75) is 13.3 Å². The monoisotopic (exact) mass is 414 g/mol. The first kappa shape index (κ1) is 20.5. The zero-order chi connectivity index (χ0) is 20.8. The van der Waals surface area contributed by atoms with Crippen molar-refractivity contribution in [2.24, 2.45) is 0 Å². The second-order valence-electron chi connectivity index (χ2n) is 6.25. The molecule has 8 heteroatoms. The molecule has 152 valence electrons. The zero-order valence-electron chi connectivity index (χ0n) is 16.4. The summed E-state index contributed by atoms with van der Waals surface area (Å²) in [5.74, 6) is 1.01. The summed E-state index contributed by atoms with van der Waals surface area (Å²) in [4.78, 5) is 25.2. The number of ether oxygens (including phenoxy) is 2. The smallest absolute Gasteiger partial charge is 0.291 e. The van der Waals surface area contributed by atoms with Gasteiger partial charge in [-0.25, -0.2) is 0 Å². The Hall–Kier alpha value is -3.26. The van der Waals surface area contributed by atoms with Gasteiger partial charge in [-0.15, -0.1) is 11.3 Å². The molecule has 3 rings (SSSR count). The molecule has 29 heavy (non-hydrogen) atoms. The maximum Gasteiger partial charge on any atom is 0.291 e. The molecule has 2 heterocycles. The van der Waals surface area contributed by atoms with E-state index in [9.17, 15) is 9.59 Å². The van der Waals surface area contributed by atoms with Crippen LogP contribution in [0.5, 0.6) is 11.5 Å². The first-order valence-corrected chi connectivity index (χ1v) is 9.78. The first-order valence-electron chi connectivity index (χ1n) is 8.96. The number of carbonyl (C=O) groups excluding carboxylic acids is 2. The van der Waals surface area contributed by atoms with Gasteiger partial charge in [0.1, 0.15) is 0 Å². The minimum absolute atomic E-state index is 0.175. The SMILES string of the molecule is COc1ccc(CCNC(=O)c2sc(NC(=O)c3ccco3)cc2C)cc1OC. The van der Waals surface area contributed by atoms with Gasteiger partial charge >= 0.3 is 0 Å². The van der Waals surface area contributed by atoms with E-state index in [2.05, 4.69) is 10.6 Å². The summed E-state index contributed by atoms with van der Waals surface area (Å²) in [5, 5.41) is 6.25. The zero-order valence-corrected chi connectivity index (χ0v) is 17.2. The maximum absolute atomic E-state index is 12.5. The minimum Gasteiger partial charge on any atom is -0.493 e. The molecule has 0 aliphatic carbocycles. The van der Waals surface area contributed by atoms with Crippen LogP contribution in [0.2, 0.25) is 0 Å². The Morgan fingerprint density at radius 3 is 2.55 bits per heavy atom. The molecule has 0 aliphatic heterocycles. The fraction of sp³-hybridized carbons (Fsp3) is 0.238. The van der Waals surface area contributed by atoms with Crippen LogP contribution >= 0.6 is 11.3 Å². The van der Waals surface area contributed by atoms with E-state index in [0.717, 1.165) is 11.1 Å². The van der Waals surface area contributed by atoms with Crippen molar-refractivity contribution in [3.8, 4) is 11.5 Å². The van der Waals surface area contributed by atoms with Crippen LogP contribution in [0, 0.1) is 6.92 Å². The average Bonchev–Trinajstić information content (AvgIpc) is 3.37. The fourth-order valence-corrected chi connectivity index (χ4v) is 3.77. The highest BCUT2D eigenvalue weighted by Crippen LogP contribution is 2.28. The lowest BCUT2D eigenvalue weighted by Crippen LogP contribution is -2.25. The lowest BCUT2D eigenvalue weighted by atomic mass is 10.1. The van der Waals surface area contributed by atoms with Gasteiger partial charge in [-0.3, -0.25) is 9.59 Å². The van der Waals surface area contributed by atoms with E-state index < -0.39 is 0 Å². The van der Waals surface area contributed by atoms with Crippen LogP contribution < -0.4 is 20.1 Å². The molecule has 0 atom stereocenters. The minimum atomic E-state index is -0.350. The summed E-state index contributed by atoms with van der Waals surface area (Å²) in [5.41, 5.74) is 1.82. The molecule has 0 spiro atoms. The molecule has 0 bridgehead atoms. The molecular formula is C21H22N2O5S. The van der Waals surface area contributed by atoms with Crippen LogP contribution in [0.1, 0.15) is 31.4 Å². The molecule has 7 nitrogen and oxygen atoms in total. The van der Waals surface area contributed by atoms with Gasteiger partial charge in [0.25, 0.3) is 11.8 Å². The third kappa shape index (κ3) is 4.97. The van der Waals surface area contributed by atoms with Gasteiger partial charge in [-0.2, -0.15) is 0 Å². The van der Waals surface area contributed by atoms with Gasteiger partial charge in [-0.1, -0.05) is 6.07 Å². The number of anilines is 1. The number of benzene rings is 1. The molecule has 0 saturated heterocycles. The molecule has 0 fully saturated rings. The molecular weight excluding hydrogens is 392 g/mol. The molecule has 2 N–H and O–H groups in total. The van der Waals surface area contributed by atoms with Crippen LogP contribution in [0.15, 0.2) is 47.1 Å². The van der Waals surface area contributed by atoms with Crippen LogP contribution in [0.3, 0.4) is 0 Å². The van der Waals surface area contributed by atoms with E-state index in [0.29, 0.717) is 34.3 Å². The molecule has 0 radical (unpaired) electrons. The molecule has 2 aromatic heterocycles. The number of methoxy groups -OCH3 is 2. The summed E-state index contributed by atoms with van der Waals surface area (Å²) >= 11 is 1.23. The standard InChI is InChI=1S/C21H22N2O5S/c1-13-11-18(23-20(24)16-5-4-10-28-16)29-19(13)21(25)22-9-8-14-6-7-15(26-2)17(12-14)27-3/h4-7,10-12H,8-9H2,1-3H3,(H,22,25)(H,23,24). The van der Waals surface area contributed by atoms with E-state index in [1.165, 1.54) is 17.6 Å². The van der Waals surface area contributed by atoms with Gasteiger partial charge in [0.2, 0.25) is 0 Å². The first-order chi connectivity index (χ1) is 14.0. The molecule has 3 aromatic rings. The highest BCUT2D eigenvalue weighted by molar-refractivity contribution is 7.18. The Labute approximate surface area is 172 Å². The Balaban J connectivity index is 1.57. The Morgan fingerprint density at radius 1 is 1.07 bits per heavy atom. The van der Waals surface area contributed by atoms with Crippen molar-refractivity contribution in [1.29, 1.82) is 0 Å². The van der Waals surface area contributed by atoms with Crippen molar-refractivity contribution in [3.05, 3.63) is 64.4 Å². The number of thiophene rings is 1. The number of nitrogens with one attached hydrogen (secondary N) is 2. The number of carbonyl (C=O) groups is 2. The Kier molecular flexibility index (Phi) is 6.56. The van der Waals surface area contributed by atoms with E-state index in [1.807, 2.05) is 25.1 Å². The summed E-state index contributed by atoms with van der Waals surface area (Å²) < 4.78 is 15.6. The predicted molar refractivity (Wildman–Crippen MR) is 111 cm³/mol. The van der Waals surface area contributed by atoms with Gasteiger partial charge < -0.3 is 24.5 Å². The van der Waals surface area contributed by atoms with Crippen molar-refractivity contribution >= 4 is 28.2 Å². The van der Waals surface area contributed by atoms with Gasteiger partial charge in [0, 0.05) is 6.54 Å². The topological polar surface area (TPSA) is 89.8 Å². The molecule has 2 amide bonds. The van der Waals surface area contributed by atoms with Crippen LogP contribution in [-0.2, 0) is 6.42 Å². The fourth-order valence-electron chi connectivity index (χ4n) is 2.79. The number of rotatable bonds is 8. The second-order valence-corrected chi connectivity index (χ2v) is 7.30. The highest BCUT2D eigenvalue weighted by atomic mass is 32.1. The predicted octanol–water partition coefficient (Wildman–Crippen LogP) is 3.89. The molecule has 0 aliphatic rings. The summed E-state index contributed by atoms with van der Waals surface area (Å²) in [6.07, 6.45) is 2.09. The van der Waals surface area contributed by atoms with Crippen LogP contribution in [0.25, 0.3) is 0 Å². The quantitative estimate of drug-likeness (QED) is 0.584. The van der Waals surface area contributed by atoms with Crippen molar-refractivity contribution in [3.63, 3.8) is 0 Å². The number of hydrogen-bond donors (Lipinski definition) is 2. The van der Waals surface area contributed by atoms with Crippen LogP contribution in [0.4, 0.5) is 5.00 Å². The number of furan rings is 1. The van der Waals surface area contributed by atoms with E-state index >= 15 is 0 Å². The third-order valence-electron chi connectivity index (χ3n) is 4.25. The Bertz CT molecular complexity index is 995. The summed E-state index contributed by atoms with van der Waals surface area (Å²) in [7, 11) is 3.18. The lowest BCUT2D eigenvalue weighted by Gasteiger charge is -2.10. The third-order valence-corrected chi connectivity index (χ3v) is 5.40. The van der Waals surface area contributed by atoms with Crippen molar-refractivity contribution in [1.82, 2.24) is 5.32 Å². The average molecular weight is 414 g/mol. The highest BCUT2D eigenvalue weighted by Gasteiger charge is 2.16. The normalized spacial score (nSPS) is 10.4. The maximum atomic E-state index is 12.5. The molecule has 0 saturated carbocycles. The lowest BCUT2D eigenvalue weighted by molar-refractivity contribution is 0.0956. The second kappa shape index (κ2) is 9.29. The van der Waals surface area contributed by atoms with E-state index in [4.69, 9.17) is 13.9 Å². The van der Waals surface area contributed by atoms with Gasteiger partial charge in [-0.05, 0) is 54.8 Å². The van der Waals surface area contributed by atoms with Crippen molar-refractivity contribution < 1.29 is 23.5 Å². The number of hydrogen-bond acceptors (Lipinski definition) is 6. The van der Waals surface area contributed by atoms with Crippen molar-refractivity contribution in [2.75, 3.05) is 26.1 Å². The summed E-state index contributed by atoms with van der Waals surface area (Å²) in [6.45, 7) is 2.31. The van der Waals surface area contributed by atoms with Gasteiger partial charge in [0.15, 0.2) is 17.3 Å². The molecule has 0 unspecified atom stereocenters. The number of aryl methyl sites for hydroxylation is 1. The van der Waals surface area contributed by atoms with Gasteiger partial charge in [0.05, 0.1) is 30.4 Å². The molecule has 1 aromatic carbocycles. The van der Waals surface area contributed by atoms with E-state index in [-0.39, 0.29) is 17.6 Å². The number of amides is 2. The van der Waals surface area contributed by atoms with Crippen LogP contribution in [-0.4, -0.2) is 32.6 Å². The Morgan fingerprint density at radius 2 is 1.86 bits per heavy atom. The van der Waals surface area contributed by atoms with E-state index in [1.54, 1.807) is 32.4 Å². The largest absolute Gasteiger partial charge is 0.493 e. The summed E-state index contributed by atoms with van der Waals surface area (Å²) in [6, 6.07) is 10.7.